The van der Waals surface area contributed by atoms with E-state index >= 15 is 0 Å². The van der Waals surface area contributed by atoms with E-state index in [1.165, 1.54) is 55.3 Å². The monoisotopic (exact) mass is 722 g/mol. The summed E-state index contributed by atoms with van der Waals surface area (Å²) in [6.07, 6.45) is 2.81. The maximum absolute atomic E-state index is 12.0. The van der Waals surface area contributed by atoms with Crippen LogP contribution >= 0.6 is 54.5 Å². The summed E-state index contributed by atoms with van der Waals surface area (Å²) in [6.45, 7) is 14.3. The van der Waals surface area contributed by atoms with Crippen LogP contribution in [-0.2, 0) is 22.7 Å². The smallest absolute Gasteiger partial charge is 0.246 e. The molecule has 216 valence electrons. The van der Waals surface area contributed by atoms with Gasteiger partial charge in [-0.1, -0.05) is 61.7 Å². The zero-order chi connectivity index (χ0) is 30.0. The number of nitrogens with zero attached hydrogens (tertiary/aromatic N) is 2. The number of aryl methyl sites for hydroxylation is 2. The Morgan fingerprint density at radius 2 is 1.12 bits per heavy atom. The first kappa shape index (κ1) is 30.7. The van der Waals surface area contributed by atoms with Gasteiger partial charge in [0, 0.05) is 47.8 Å². The van der Waals surface area contributed by atoms with Gasteiger partial charge in [-0.05, 0) is 103 Å². The normalized spacial score (nSPS) is 17.4. The number of amides is 2. The fourth-order valence-corrected chi connectivity index (χ4v) is 9.45. The minimum atomic E-state index is 0.00144. The molecular formula is C34H32Br2N2O2S2. The van der Waals surface area contributed by atoms with Gasteiger partial charge in [-0.25, -0.2) is 0 Å². The average molecular weight is 725 g/mol. The molecule has 2 aliphatic rings. The van der Waals surface area contributed by atoms with Crippen LogP contribution in [0.25, 0.3) is 0 Å². The molecule has 0 bridgehead atoms. The lowest BCUT2D eigenvalue weighted by Crippen LogP contribution is -2.37. The van der Waals surface area contributed by atoms with E-state index in [0.717, 1.165) is 20.7 Å². The second kappa shape index (κ2) is 13.2. The predicted octanol–water partition coefficient (Wildman–Crippen LogP) is 8.96. The van der Waals surface area contributed by atoms with E-state index in [9.17, 15) is 9.59 Å². The van der Waals surface area contributed by atoms with Crippen LogP contribution in [0.1, 0.15) is 55.0 Å². The van der Waals surface area contributed by atoms with Gasteiger partial charge in [0.05, 0.1) is 7.57 Å². The Bertz CT molecular complexity index is 1530. The maximum Gasteiger partial charge on any atom is 0.246 e. The molecule has 0 unspecified atom stereocenters. The van der Waals surface area contributed by atoms with Crippen LogP contribution in [0.15, 0.2) is 93.5 Å². The second-order valence-electron chi connectivity index (χ2n) is 10.5. The summed E-state index contributed by atoms with van der Waals surface area (Å²) in [5, 5.41) is 0. The van der Waals surface area contributed by atoms with Crippen molar-refractivity contribution >= 4 is 66.3 Å². The summed E-state index contributed by atoms with van der Waals surface area (Å²) in [6, 6.07) is 21.1. The first-order chi connectivity index (χ1) is 20.2. The van der Waals surface area contributed by atoms with Gasteiger partial charge in [-0.3, -0.25) is 9.59 Å². The van der Waals surface area contributed by atoms with Crippen molar-refractivity contribution in [3.63, 3.8) is 0 Å². The Balaban J connectivity index is 0.000000168. The van der Waals surface area contributed by atoms with Crippen LogP contribution in [0, 0.1) is 13.8 Å². The molecule has 42 heavy (non-hydrogen) atoms. The molecule has 6 rings (SSSR count). The first-order valence-corrected chi connectivity index (χ1v) is 16.9. The first-order valence-electron chi connectivity index (χ1n) is 13.7. The minimum Gasteiger partial charge on any atom is -0.334 e. The van der Waals surface area contributed by atoms with Crippen molar-refractivity contribution in [2.24, 2.45) is 0 Å². The van der Waals surface area contributed by atoms with Crippen molar-refractivity contribution < 1.29 is 9.59 Å². The largest absolute Gasteiger partial charge is 0.334 e. The van der Waals surface area contributed by atoms with Crippen LogP contribution in [0.2, 0.25) is 0 Å². The van der Waals surface area contributed by atoms with Gasteiger partial charge in [-0.2, -0.15) is 0 Å². The SMILES string of the molecule is C=CC(=O)N1Cc2cc(Br)sc2[C@@H](c2ccccc2C)C1.C=CC(=O)N1Cc2cc(Br)sc2[C@H](c2ccccc2C)C1. The molecule has 2 aromatic carbocycles. The van der Waals surface area contributed by atoms with Crippen molar-refractivity contribution in [1.29, 1.82) is 0 Å². The molecule has 2 aliphatic heterocycles. The fourth-order valence-electron chi connectivity index (χ4n) is 5.83. The molecule has 4 heterocycles. The number of hydrogen-bond acceptors (Lipinski definition) is 4. The Hall–Kier alpha value is -2.78. The van der Waals surface area contributed by atoms with Crippen molar-refractivity contribution in [3.8, 4) is 0 Å². The summed E-state index contributed by atoms with van der Waals surface area (Å²) in [4.78, 5) is 30.6. The van der Waals surface area contributed by atoms with E-state index in [1.807, 2.05) is 9.80 Å². The van der Waals surface area contributed by atoms with Crippen LogP contribution in [0.3, 0.4) is 0 Å². The third-order valence-electron chi connectivity index (χ3n) is 7.88. The maximum atomic E-state index is 12.0. The van der Waals surface area contributed by atoms with Crippen molar-refractivity contribution in [2.45, 2.75) is 38.8 Å². The third-order valence-corrected chi connectivity index (χ3v) is 11.5. The Kier molecular flexibility index (Phi) is 9.67. The average Bonchev–Trinajstić information content (AvgIpc) is 3.56. The molecule has 0 saturated heterocycles. The van der Waals surface area contributed by atoms with Crippen LogP contribution in [0.5, 0.6) is 0 Å². The van der Waals surface area contributed by atoms with Gasteiger partial charge < -0.3 is 9.80 Å². The van der Waals surface area contributed by atoms with Gasteiger partial charge in [0.25, 0.3) is 0 Å². The quantitative estimate of drug-likeness (QED) is 0.197. The van der Waals surface area contributed by atoms with Crippen LogP contribution in [-0.4, -0.2) is 34.7 Å². The highest BCUT2D eigenvalue weighted by molar-refractivity contribution is 9.11. The molecule has 0 N–H and O–H groups in total. The van der Waals surface area contributed by atoms with E-state index in [1.54, 1.807) is 22.7 Å². The van der Waals surface area contributed by atoms with E-state index in [-0.39, 0.29) is 23.7 Å². The van der Waals surface area contributed by atoms with Gasteiger partial charge >= 0.3 is 0 Å². The molecular weight excluding hydrogens is 692 g/mol. The van der Waals surface area contributed by atoms with Crippen LogP contribution in [0.4, 0.5) is 0 Å². The molecule has 2 aromatic heterocycles. The molecule has 0 saturated carbocycles. The summed E-state index contributed by atoms with van der Waals surface area (Å²) >= 11 is 10.7. The molecule has 0 fully saturated rings. The minimum absolute atomic E-state index is 0.00144. The van der Waals surface area contributed by atoms with Crippen molar-refractivity contribution in [2.75, 3.05) is 13.1 Å². The third kappa shape index (κ3) is 6.42. The molecule has 2 atom stereocenters. The Labute approximate surface area is 272 Å². The standard InChI is InChI=1S/2C17H16BrNOS/c2*1-3-16(20)19-9-12-8-15(18)21-17(12)14(10-19)13-7-5-4-6-11(13)2/h2*3-8,14H,1,9-10H2,2H3/t2*14-/m10/s1. The predicted molar refractivity (Wildman–Crippen MR) is 181 cm³/mol. The number of hydrogen-bond donors (Lipinski definition) is 0. The van der Waals surface area contributed by atoms with Gasteiger partial charge in [-0.15, -0.1) is 22.7 Å². The topological polar surface area (TPSA) is 40.6 Å². The lowest BCUT2D eigenvalue weighted by atomic mass is 9.88. The highest BCUT2D eigenvalue weighted by Gasteiger charge is 2.32. The summed E-state index contributed by atoms with van der Waals surface area (Å²) in [5.41, 5.74) is 7.62. The highest BCUT2D eigenvalue weighted by atomic mass is 79.9. The van der Waals surface area contributed by atoms with Gasteiger partial charge in [0.2, 0.25) is 11.8 Å². The summed E-state index contributed by atoms with van der Waals surface area (Å²) < 4.78 is 2.25. The zero-order valence-corrected chi connectivity index (χ0v) is 28.4. The number of rotatable bonds is 4. The number of carbonyl (C=O) groups is 2. The lowest BCUT2D eigenvalue weighted by molar-refractivity contribution is -0.127. The number of fused-ring (bicyclic) bond motifs is 2. The zero-order valence-electron chi connectivity index (χ0n) is 23.6. The molecule has 2 amide bonds. The van der Waals surface area contributed by atoms with E-state index < -0.39 is 0 Å². The fraction of sp³-hybridized carbons (Fsp3) is 0.235. The van der Waals surface area contributed by atoms with Crippen LogP contribution < -0.4 is 0 Å². The van der Waals surface area contributed by atoms with Gasteiger partial charge in [0.1, 0.15) is 0 Å². The lowest BCUT2D eigenvalue weighted by Gasteiger charge is -2.33. The summed E-state index contributed by atoms with van der Waals surface area (Å²) in [5.74, 6) is 0.494. The number of thiophene rings is 2. The van der Waals surface area contributed by atoms with E-state index in [0.29, 0.717) is 13.1 Å². The molecule has 0 spiro atoms. The van der Waals surface area contributed by atoms with Gasteiger partial charge in [0.15, 0.2) is 0 Å². The molecule has 0 radical (unpaired) electrons. The van der Waals surface area contributed by atoms with E-state index in [4.69, 9.17) is 0 Å². The molecule has 4 aromatic rings. The second-order valence-corrected chi connectivity index (χ2v) is 15.5. The van der Waals surface area contributed by atoms with Crippen molar-refractivity contribution in [3.05, 3.63) is 137 Å². The number of carbonyl (C=O) groups excluding carboxylic acids is 2. The van der Waals surface area contributed by atoms with E-state index in [2.05, 4.69) is 120 Å². The highest BCUT2D eigenvalue weighted by Crippen LogP contribution is 2.43. The molecule has 4 nitrogen and oxygen atoms in total. The summed E-state index contributed by atoms with van der Waals surface area (Å²) in [7, 11) is 0. The number of halogens is 2. The Morgan fingerprint density at radius 3 is 1.48 bits per heavy atom. The Morgan fingerprint density at radius 1 is 0.738 bits per heavy atom. The van der Waals surface area contributed by atoms with Crippen molar-refractivity contribution in [1.82, 2.24) is 9.80 Å². The number of benzene rings is 2. The molecule has 0 aliphatic carbocycles. The molecule has 8 heteroatoms.